The van der Waals surface area contributed by atoms with Gasteiger partial charge in [0.2, 0.25) is 5.95 Å². The summed E-state index contributed by atoms with van der Waals surface area (Å²) in [6.45, 7) is 0.565. The van der Waals surface area contributed by atoms with Crippen molar-refractivity contribution in [3.8, 4) is 6.07 Å². The van der Waals surface area contributed by atoms with Crippen molar-refractivity contribution in [2.24, 2.45) is 0 Å². The summed E-state index contributed by atoms with van der Waals surface area (Å²) >= 11 is 0. The first-order valence-corrected chi connectivity index (χ1v) is 6.42. The van der Waals surface area contributed by atoms with Gasteiger partial charge in [-0.3, -0.25) is 5.10 Å². The van der Waals surface area contributed by atoms with Gasteiger partial charge in [0, 0.05) is 13.6 Å². The van der Waals surface area contributed by atoms with Crippen molar-refractivity contribution in [2.45, 2.75) is 6.54 Å². The Balaban J connectivity index is 1.87. The number of hydrogen-bond donors (Lipinski definition) is 3. The van der Waals surface area contributed by atoms with Crippen molar-refractivity contribution >= 4 is 22.8 Å². The standard InChI is InChI=1S/C14H13N7/c1-16-14-19-12(11-8-18-21-13(11)20-14)17-7-10-4-2-3-9(5-10)6-15/h2-5,8H,7H2,1H3,(H3,16,17,18,19,20,21). The highest BCUT2D eigenvalue weighted by molar-refractivity contribution is 5.86. The summed E-state index contributed by atoms with van der Waals surface area (Å²) in [6, 6.07) is 9.58. The van der Waals surface area contributed by atoms with Crippen molar-refractivity contribution in [3.63, 3.8) is 0 Å². The molecule has 7 heteroatoms. The van der Waals surface area contributed by atoms with E-state index in [0.717, 1.165) is 10.9 Å². The highest BCUT2D eigenvalue weighted by Gasteiger charge is 2.08. The number of rotatable bonds is 4. The summed E-state index contributed by atoms with van der Waals surface area (Å²) in [5.41, 5.74) is 2.32. The molecule has 0 saturated carbocycles. The number of nitrogens with zero attached hydrogens (tertiary/aromatic N) is 4. The van der Waals surface area contributed by atoms with Crippen LogP contribution in [0.2, 0.25) is 0 Å². The zero-order valence-electron chi connectivity index (χ0n) is 11.4. The predicted octanol–water partition coefficient (Wildman–Crippen LogP) is 1.88. The summed E-state index contributed by atoms with van der Waals surface area (Å²) in [4.78, 5) is 8.66. The van der Waals surface area contributed by atoms with E-state index in [-0.39, 0.29) is 0 Å². The number of fused-ring (bicyclic) bond motifs is 1. The zero-order valence-corrected chi connectivity index (χ0v) is 11.4. The Morgan fingerprint density at radius 1 is 1.33 bits per heavy atom. The molecule has 3 aromatic rings. The third-order valence-electron chi connectivity index (χ3n) is 3.05. The number of benzene rings is 1. The van der Waals surface area contributed by atoms with Crippen molar-refractivity contribution in [3.05, 3.63) is 41.6 Å². The van der Waals surface area contributed by atoms with Crippen LogP contribution in [0.3, 0.4) is 0 Å². The summed E-state index contributed by atoms with van der Waals surface area (Å²) in [5, 5.41) is 22.7. The average molecular weight is 279 g/mol. The van der Waals surface area contributed by atoms with E-state index in [4.69, 9.17) is 5.26 Å². The van der Waals surface area contributed by atoms with Crippen LogP contribution in [-0.4, -0.2) is 27.2 Å². The predicted molar refractivity (Wildman–Crippen MR) is 79.7 cm³/mol. The lowest BCUT2D eigenvalue weighted by molar-refractivity contribution is 1.08. The largest absolute Gasteiger partial charge is 0.365 e. The minimum absolute atomic E-state index is 0.514. The first-order valence-electron chi connectivity index (χ1n) is 6.42. The number of aromatic nitrogens is 4. The first kappa shape index (κ1) is 12.9. The SMILES string of the molecule is CNc1nc(NCc2cccc(C#N)c2)c2cn[nH]c2n1. The molecule has 0 aliphatic heterocycles. The van der Waals surface area contributed by atoms with Gasteiger partial charge < -0.3 is 10.6 Å². The molecule has 0 radical (unpaired) electrons. The molecule has 0 unspecified atom stereocenters. The summed E-state index contributed by atoms with van der Waals surface area (Å²) < 4.78 is 0. The molecule has 21 heavy (non-hydrogen) atoms. The van der Waals surface area contributed by atoms with E-state index < -0.39 is 0 Å². The van der Waals surface area contributed by atoms with Gasteiger partial charge in [0.05, 0.1) is 23.2 Å². The lowest BCUT2D eigenvalue weighted by atomic mass is 10.1. The van der Waals surface area contributed by atoms with Crippen molar-refractivity contribution < 1.29 is 0 Å². The van der Waals surface area contributed by atoms with Gasteiger partial charge in [-0.25, -0.2) is 0 Å². The van der Waals surface area contributed by atoms with Crippen LogP contribution in [-0.2, 0) is 6.54 Å². The Kier molecular flexibility index (Phi) is 3.35. The smallest absolute Gasteiger partial charge is 0.226 e. The molecule has 3 rings (SSSR count). The molecule has 0 fully saturated rings. The molecule has 0 bridgehead atoms. The van der Waals surface area contributed by atoms with Crippen molar-refractivity contribution in [1.29, 1.82) is 5.26 Å². The fourth-order valence-electron chi connectivity index (χ4n) is 2.02. The van der Waals surface area contributed by atoms with Crippen molar-refractivity contribution in [1.82, 2.24) is 20.2 Å². The number of H-pyrrole nitrogens is 1. The van der Waals surface area contributed by atoms with Crippen LogP contribution < -0.4 is 10.6 Å². The molecule has 2 aromatic heterocycles. The molecule has 2 heterocycles. The second kappa shape index (κ2) is 5.46. The third-order valence-corrected chi connectivity index (χ3v) is 3.05. The van der Waals surface area contributed by atoms with E-state index in [9.17, 15) is 0 Å². The fraction of sp³-hybridized carbons (Fsp3) is 0.143. The molecule has 104 valence electrons. The molecule has 7 nitrogen and oxygen atoms in total. The lowest BCUT2D eigenvalue weighted by Crippen LogP contribution is -2.05. The zero-order chi connectivity index (χ0) is 14.7. The van der Waals surface area contributed by atoms with Gasteiger partial charge in [-0.2, -0.15) is 20.3 Å². The Morgan fingerprint density at radius 3 is 3.05 bits per heavy atom. The minimum Gasteiger partial charge on any atom is -0.365 e. The first-order chi connectivity index (χ1) is 10.3. The van der Waals surface area contributed by atoms with Crippen LogP contribution in [0, 0.1) is 11.3 Å². The van der Waals surface area contributed by atoms with E-state index in [1.807, 2.05) is 18.2 Å². The van der Waals surface area contributed by atoms with Crippen molar-refractivity contribution in [2.75, 3.05) is 17.7 Å². The normalized spacial score (nSPS) is 10.3. The molecular weight excluding hydrogens is 266 g/mol. The van der Waals surface area contributed by atoms with Gasteiger partial charge >= 0.3 is 0 Å². The van der Waals surface area contributed by atoms with Gasteiger partial charge in [-0.1, -0.05) is 12.1 Å². The lowest BCUT2D eigenvalue weighted by Gasteiger charge is -2.08. The highest BCUT2D eigenvalue weighted by Crippen LogP contribution is 2.20. The molecule has 0 saturated heterocycles. The quantitative estimate of drug-likeness (QED) is 0.674. The van der Waals surface area contributed by atoms with E-state index in [1.165, 1.54) is 0 Å². The Morgan fingerprint density at radius 2 is 2.24 bits per heavy atom. The summed E-state index contributed by atoms with van der Waals surface area (Å²) in [5.74, 6) is 1.21. The molecule has 1 aromatic carbocycles. The Bertz CT molecular complexity index is 816. The van der Waals surface area contributed by atoms with Crippen LogP contribution in [0.5, 0.6) is 0 Å². The molecule has 0 aliphatic rings. The van der Waals surface area contributed by atoms with E-state index in [1.54, 1.807) is 19.3 Å². The van der Waals surface area contributed by atoms with Crippen LogP contribution in [0.1, 0.15) is 11.1 Å². The minimum atomic E-state index is 0.514. The number of anilines is 2. The second-order valence-electron chi connectivity index (χ2n) is 4.44. The maximum atomic E-state index is 8.92. The maximum Gasteiger partial charge on any atom is 0.226 e. The molecule has 0 atom stereocenters. The van der Waals surface area contributed by atoms with Crippen LogP contribution in [0.25, 0.3) is 11.0 Å². The van der Waals surface area contributed by atoms with E-state index >= 15 is 0 Å². The van der Waals surface area contributed by atoms with Gasteiger partial charge in [-0.05, 0) is 17.7 Å². The third kappa shape index (κ3) is 2.60. The average Bonchev–Trinajstić information content (AvgIpc) is 3.01. The maximum absolute atomic E-state index is 8.92. The topological polar surface area (TPSA) is 102 Å². The van der Waals surface area contributed by atoms with E-state index in [0.29, 0.717) is 29.5 Å². The summed E-state index contributed by atoms with van der Waals surface area (Å²) in [7, 11) is 1.76. The van der Waals surface area contributed by atoms with Gasteiger partial charge in [0.25, 0.3) is 0 Å². The Labute approximate surface area is 121 Å². The van der Waals surface area contributed by atoms with Gasteiger partial charge in [0.1, 0.15) is 5.82 Å². The Hall–Kier alpha value is -3.14. The number of nitriles is 1. The van der Waals surface area contributed by atoms with E-state index in [2.05, 4.69) is 36.9 Å². The van der Waals surface area contributed by atoms with Crippen LogP contribution in [0.15, 0.2) is 30.5 Å². The molecular formula is C14H13N7. The monoisotopic (exact) mass is 279 g/mol. The van der Waals surface area contributed by atoms with Gasteiger partial charge in [-0.15, -0.1) is 0 Å². The molecule has 0 spiro atoms. The molecule has 3 N–H and O–H groups in total. The van der Waals surface area contributed by atoms with Gasteiger partial charge in [0.15, 0.2) is 5.65 Å². The second-order valence-corrected chi connectivity index (χ2v) is 4.44. The highest BCUT2D eigenvalue weighted by atomic mass is 15.2. The fourth-order valence-corrected chi connectivity index (χ4v) is 2.02. The van der Waals surface area contributed by atoms with Crippen LogP contribution >= 0.6 is 0 Å². The molecule has 0 aliphatic carbocycles. The summed E-state index contributed by atoms with van der Waals surface area (Å²) in [6.07, 6.45) is 1.68. The number of nitrogens with one attached hydrogen (secondary N) is 3. The molecule has 0 amide bonds. The van der Waals surface area contributed by atoms with Crippen LogP contribution in [0.4, 0.5) is 11.8 Å². The number of aromatic amines is 1. The number of hydrogen-bond acceptors (Lipinski definition) is 6.